The van der Waals surface area contributed by atoms with Gasteiger partial charge in [-0.05, 0) is 26.0 Å². The van der Waals surface area contributed by atoms with Crippen LogP contribution < -0.4 is 4.74 Å². The Morgan fingerprint density at radius 3 is 2.64 bits per heavy atom. The van der Waals surface area contributed by atoms with Gasteiger partial charge in [-0.1, -0.05) is 17.3 Å². The van der Waals surface area contributed by atoms with E-state index in [9.17, 15) is 4.79 Å². The second-order valence-corrected chi connectivity index (χ2v) is 7.32. The predicted octanol–water partition coefficient (Wildman–Crippen LogP) is 2.46. The first-order valence-corrected chi connectivity index (χ1v) is 9.64. The number of piperazine rings is 1. The number of hydrogen-bond donors (Lipinski definition) is 0. The van der Waals surface area contributed by atoms with Gasteiger partial charge in [-0.2, -0.15) is 0 Å². The average Bonchev–Trinajstić information content (AvgIpc) is 3.16. The Kier molecular flexibility index (Phi) is 6.70. The Morgan fingerprint density at radius 1 is 1.21 bits per heavy atom. The molecule has 1 aliphatic rings. The molecule has 2 unspecified atom stereocenters. The average molecular weight is 387 g/mol. The number of hydrogen-bond acceptors (Lipinski definition) is 6. The van der Waals surface area contributed by atoms with E-state index in [0.29, 0.717) is 43.2 Å². The number of benzene rings is 1. The predicted molar refractivity (Wildman–Crippen MR) is 106 cm³/mol. The van der Waals surface area contributed by atoms with Crippen LogP contribution in [0.3, 0.4) is 0 Å². The van der Waals surface area contributed by atoms with E-state index in [1.165, 1.54) is 0 Å². The molecular weight excluding hydrogens is 358 g/mol. The third-order valence-electron chi connectivity index (χ3n) is 5.25. The number of rotatable bonds is 7. The molecular formula is C21H29N3O4. The van der Waals surface area contributed by atoms with E-state index in [1.807, 2.05) is 35.2 Å². The summed E-state index contributed by atoms with van der Waals surface area (Å²) in [5.41, 5.74) is 1.52. The number of methoxy groups -OCH3 is 2. The zero-order valence-corrected chi connectivity index (χ0v) is 17.1. The number of nitrogens with zero attached hydrogens (tertiary/aromatic N) is 3. The summed E-state index contributed by atoms with van der Waals surface area (Å²) in [4.78, 5) is 17.1. The Morgan fingerprint density at radius 2 is 1.96 bits per heavy atom. The van der Waals surface area contributed by atoms with Crippen molar-refractivity contribution in [2.75, 3.05) is 40.5 Å². The lowest BCUT2D eigenvalue weighted by Gasteiger charge is -2.44. The first-order chi connectivity index (χ1) is 13.5. The van der Waals surface area contributed by atoms with Crippen molar-refractivity contribution in [1.29, 1.82) is 0 Å². The van der Waals surface area contributed by atoms with E-state index in [-0.39, 0.29) is 12.3 Å². The third-order valence-corrected chi connectivity index (χ3v) is 5.25. The second kappa shape index (κ2) is 9.21. The van der Waals surface area contributed by atoms with Gasteiger partial charge in [0.05, 0.1) is 25.8 Å². The zero-order valence-electron chi connectivity index (χ0n) is 17.1. The molecule has 1 fully saturated rings. The van der Waals surface area contributed by atoms with Gasteiger partial charge in [-0.15, -0.1) is 0 Å². The minimum Gasteiger partial charge on any atom is -0.497 e. The maximum absolute atomic E-state index is 12.8. The smallest absolute Gasteiger partial charge is 0.228 e. The maximum atomic E-state index is 12.8. The molecule has 1 aliphatic heterocycles. The van der Waals surface area contributed by atoms with Crippen LogP contribution in [0.15, 0.2) is 34.9 Å². The van der Waals surface area contributed by atoms with Crippen LogP contribution in [0.1, 0.15) is 19.5 Å². The number of ether oxygens (including phenoxy) is 2. The Labute approximate surface area is 166 Å². The second-order valence-electron chi connectivity index (χ2n) is 7.32. The van der Waals surface area contributed by atoms with Gasteiger partial charge in [0, 0.05) is 50.5 Å². The van der Waals surface area contributed by atoms with Gasteiger partial charge >= 0.3 is 0 Å². The van der Waals surface area contributed by atoms with E-state index in [2.05, 4.69) is 23.9 Å². The monoisotopic (exact) mass is 387 g/mol. The molecule has 3 rings (SSSR count). The van der Waals surface area contributed by atoms with Crippen molar-refractivity contribution in [3.8, 4) is 17.1 Å². The fourth-order valence-corrected chi connectivity index (χ4v) is 3.77. The molecule has 0 radical (unpaired) electrons. The number of carbonyl (C=O) groups excluding carboxylic acids is 1. The molecule has 2 heterocycles. The van der Waals surface area contributed by atoms with Crippen LogP contribution in [0.25, 0.3) is 11.3 Å². The molecule has 1 amide bonds. The van der Waals surface area contributed by atoms with Gasteiger partial charge in [-0.3, -0.25) is 9.69 Å². The maximum Gasteiger partial charge on any atom is 0.228 e. The highest BCUT2D eigenvalue weighted by atomic mass is 16.5. The molecule has 2 atom stereocenters. The Hall–Kier alpha value is -2.38. The molecule has 1 aromatic heterocycles. The first kappa shape index (κ1) is 20.4. The van der Waals surface area contributed by atoms with Crippen molar-refractivity contribution in [2.24, 2.45) is 0 Å². The summed E-state index contributed by atoms with van der Waals surface area (Å²) >= 11 is 0. The van der Waals surface area contributed by atoms with Gasteiger partial charge in [0.1, 0.15) is 5.75 Å². The van der Waals surface area contributed by atoms with Crippen LogP contribution in [-0.4, -0.2) is 73.4 Å². The molecule has 0 bridgehead atoms. The molecule has 0 aliphatic carbocycles. The summed E-state index contributed by atoms with van der Waals surface area (Å²) in [6.07, 6.45) is 0.241. The molecule has 152 valence electrons. The largest absolute Gasteiger partial charge is 0.497 e. The number of amides is 1. The summed E-state index contributed by atoms with van der Waals surface area (Å²) in [5, 5.41) is 4.09. The Balaban J connectivity index is 1.62. The lowest BCUT2D eigenvalue weighted by molar-refractivity contribution is -0.135. The van der Waals surface area contributed by atoms with Crippen molar-refractivity contribution < 1.29 is 18.8 Å². The molecule has 28 heavy (non-hydrogen) atoms. The first-order valence-electron chi connectivity index (χ1n) is 9.64. The fraction of sp³-hybridized carbons (Fsp3) is 0.524. The lowest BCUT2D eigenvalue weighted by atomic mass is 10.1. The number of aromatic nitrogens is 1. The van der Waals surface area contributed by atoms with Gasteiger partial charge in [0.2, 0.25) is 5.91 Å². The summed E-state index contributed by atoms with van der Waals surface area (Å²) in [7, 11) is 3.34. The SMILES string of the molecule is COCCN1C(C)CN(C(=O)Cc2cc(-c3cccc(OC)c3)on2)CC1C. The van der Waals surface area contributed by atoms with E-state index < -0.39 is 0 Å². The third kappa shape index (κ3) is 4.72. The molecule has 1 aromatic carbocycles. The fourth-order valence-electron chi connectivity index (χ4n) is 3.77. The highest BCUT2D eigenvalue weighted by Gasteiger charge is 2.31. The lowest BCUT2D eigenvalue weighted by Crippen LogP contribution is -2.58. The van der Waals surface area contributed by atoms with Gasteiger partial charge in [0.25, 0.3) is 0 Å². The van der Waals surface area contributed by atoms with Crippen molar-refractivity contribution in [3.05, 3.63) is 36.0 Å². The summed E-state index contributed by atoms with van der Waals surface area (Å²) in [6.45, 7) is 7.33. The highest BCUT2D eigenvalue weighted by molar-refractivity contribution is 5.79. The molecule has 7 nitrogen and oxygen atoms in total. The molecule has 0 spiro atoms. The van der Waals surface area contributed by atoms with Crippen molar-refractivity contribution in [2.45, 2.75) is 32.4 Å². The van der Waals surface area contributed by atoms with Crippen LogP contribution in [-0.2, 0) is 16.0 Å². The van der Waals surface area contributed by atoms with Crippen LogP contribution in [0.2, 0.25) is 0 Å². The van der Waals surface area contributed by atoms with Crippen LogP contribution in [0.4, 0.5) is 0 Å². The van der Waals surface area contributed by atoms with Crippen LogP contribution >= 0.6 is 0 Å². The number of carbonyl (C=O) groups is 1. The molecule has 7 heteroatoms. The quantitative estimate of drug-likeness (QED) is 0.727. The van der Waals surface area contributed by atoms with Gasteiger partial charge < -0.3 is 18.9 Å². The van der Waals surface area contributed by atoms with Crippen molar-refractivity contribution >= 4 is 5.91 Å². The molecule has 1 saturated heterocycles. The van der Waals surface area contributed by atoms with E-state index in [4.69, 9.17) is 14.0 Å². The van der Waals surface area contributed by atoms with Crippen LogP contribution in [0, 0.1) is 0 Å². The minimum atomic E-state index is 0.0792. The van der Waals surface area contributed by atoms with Crippen LogP contribution in [0.5, 0.6) is 5.75 Å². The topological polar surface area (TPSA) is 68.0 Å². The zero-order chi connectivity index (χ0) is 20.1. The van der Waals surface area contributed by atoms with Crippen molar-refractivity contribution in [3.63, 3.8) is 0 Å². The standard InChI is InChI=1S/C21H29N3O4/c1-15-13-23(14-16(2)24(15)8-9-26-3)21(25)12-18-11-20(28-22-18)17-6-5-7-19(10-17)27-4/h5-7,10-11,15-16H,8-9,12-14H2,1-4H3. The minimum absolute atomic E-state index is 0.0792. The van der Waals surface area contributed by atoms with E-state index in [0.717, 1.165) is 17.9 Å². The molecule has 0 saturated carbocycles. The summed E-state index contributed by atoms with van der Waals surface area (Å²) in [6, 6.07) is 10.0. The van der Waals surface area contributed by atoms with E-state index >= 15 is 0 Å². The molecule has 2 aromatic rings. The molecule has 0 N–H and O–H groups in total. The summed E-state index contributed by atoms with van der Waals surface area (Å²) in [5.74, 6) is 1.46. The van der Waals surface area contributed by atoms with E-state index in [1.54, 1.807) is 14.2 Å². The van der Waals surface area contributed by atoms with Gasteiger partial charge in [0.15, 0.2) is 5.76 Å². The normalized spacial score (nSPS) is 20.4. The summed E-state index contributed by atoms with van der Waals surface area (Å²) < 4.78 is 15.9. The van der Waals surface area contributed by atoms with Crippen molar-refractivity contribution in [1.82, 2.24) is 15.0 Å². The Bertz CT molecular complexity index is 779. The highest BCUT2D eigenvalue weighted by Crippen LogP contribution is 2.25. The van der Waals surface area contributed by atoms with Gasteiger partial charge in [-0.25, -0.2) is 0 Å².